The van der Waals surface area contributed by atoms with Gasteiger partial charge in [-0.15, -0.1) is 0 Å². The predicted octanol–water partition coefficient (Wildman–Crippen LogP) is 1.56. The van der Waals surface area contributed by atoms with Crippen molar-refractivity contribution in [3.8, 4) is 0 Å². The largest absolute Gasteiger partial charge is 0.324 e. The molecule has 0 spiro atoms. The van der Waals surface area contributed by atoms with Crippen molar-refractivity contribution in [1.82, 2.24) is 0 Å². The van der Waals surface area contributed by atoms with Crippen LogP contribution in [-0.4, -0.2) is 6.21 Å². The monoisotopic (exact) mass is 148 g/mol. The normalized spacial score (nSPS) is 10.5. The van der Waals surface area contributed by atoms with Gasteiger partial charge in [-0.25, -0.2) is 0 Å². The average Bonchev–Trinajstić information content (AvgIpc) is 2.07. The van der Waals surface area contributed by atoms with Crippen LogP contribution in [0.1, 0.15) is 12.0 Å². The first kappa shape index (κ1) is 7.79. The highest BCUT2D eigenvalue weighted by Crippen LogP contribution is 2.00. The molecule has 2 N–H and O–H groups in total. The van der Waals surface area contributed by atoms with Gasteiger partial charge >= 0.3 is 0 Å². The summed E-state index contributed by atoms with van der Waals surface area (Å²) in [7, 11) is 0. The summed E-state index contributed by atoms with van der Waals surface area (Å²) in [5, 5.41) is 3.43. The Morgan fingerprint density at radius 2 is 2.00 bits per heavy atom. The van der Waals surface area contributed by atoms with E-state index in [1.165, 1.54) is 5.56 Å². The van der Waals surface area contributed by atoms with Crippen molar-refractivity contribution in [1.29, 1.82) is 0 Å². The van der Waals surface area contributed by atoms with E-state index >= 15 is 0 Å². The van der Waals surface area contributed by atoms with E-state index in [1.54, 1.807) is 6.21 Å². The molecule has 0 bridgehead atoms. The molecular formula is C9H12N2. The summed E-state index contributed by atoms with van der Waals surface area (Å²) in [4.78, 5) is 0. The molecule has 0 saturated heterocycles. The molecule has 0 saturated carbocycles. The molecule has 0 fully saturated rings. The van der Waals surface area contributed by atoms with E-state index in [0.717, 1.165) is 12.8 Å². The number of benzene rings is 1. The standard InChI is InChI=1S/C9H12N2/c10-11-8-4-7-9-5-2-1-3-6-9/h1-3,5-6,8H,4,7,10H2/b11-8-. The van der Waals surface area contributed by atoms with Crippen LogP contribution in [0.2, 0.25) is 0 Å². The van der Waals surface area contributed by atoms with Gasteiger partial charge in [0, 0.05) is 6.21 Å². The van der Waals surface area contributed by atoms with Gasteiger partial charge in [-0.05, 0) is 18.4 Å². The number of hydrogen-bond acceptors (Lipinski definition) is 2. The topological polar surface area (TPSA) is 38.4 Å². The van der Waals surface area contributed by atoms with Gasteiger partial charge in [0.05, 0.1) is 0 Å². The molecule has 2 nitrogen and oxygen atoms in total. The van der Waals surface area contributed by atoms with E-state index in [1.807, 2.05) is 18.2 Å². The van der Waals surface area contributed by atoms with Gasteiger partial charge in [-0.1, -0.05) is 30.3 Å². The van der Waals surface area contributed by atoms with Crippen LogP contribution in [0.4, 0.5) is 0 Å². The van der Waals surface area contributed by atoms with Crippen molar-refractivity contribution in [3.63, 3.8) is 0 Å². The zero-order valence-corrected chi connectivity index (χ0v) is 6.40. The number of hydrazone groups is 1. The van der Waals surface area contributed by atoms with Crippen LogP contribution < -0.4 is 5.84 Å². The Morgan fingerprint density at radius 3 is 2.64 bits per heavy atom. The summed E-state index contributed by atoms with van der Waals surface area (Å²) in [6.45, 7) is 0. The maximum absolute atomic E-state index is 4.96. The lowest BCUT2D eigenvalue weighted by Crippen LogP contribution is -1.87. The fourth-order valence-corrected chi connectivity index (χ4v) is 0.950. The van der Waals surface area contributed by atoms with Crippen LogP contribution in [0.5, 0.6) is 0 Å². The van der Waals surface area contributed by atoms with Crippen LogP contribution in [0.15, 0.2) is 35.4 Å². The first-order chi connectivity index (χ1) is 5.43. The van der Waals surface area contributed by atoms with Gasteiger partial charge in [-0.3, -0.25) is 0 Å². The Bertz CT molecular complexity index is 216. The van der Waals surface area contributed by atoms with Crippen molar-refractivity contribution in [2.75, 3.05) is 0 Å². The quantitative estimate of drug-likeness (QED) is 0.394. The second-order valence-corrected chi connectivity index (χ2v) is 2.36. The minimum Gasteiger partial charge on any atom is -0.324 e. The molecule has 1 rings (SSSR count). The van der Waals surface area contributed by atoms with E-state index in [0.29, 0.717) is 0 Å². The van der Waals surface area contributed by atoms with Crippen LogP contribution in [-0.2, 0) is 6.42 Å². The maximum Gasteiger partial charge on any atom is 0.0243 e. The lowest BCUT2D eigenvalue weighted by atomic mass is 10.1. The third-order valence-corrected chi connectivity index (χ3v) is 1.51. The molecule has 0 radical (unpaired) electrons. The van der Waals surface area contributed by atoms with E-state index in [9.17, 15) is 0 Å². The number of aryl methyl sites for hydroxylation is 1. The summed E-state index contributed by atoms with van der Waals surface area (Å²) >= 11 is 0. The van der Waals surface area contributed by atoms with E-state index < -0.39 is 0 Å². The van der Waals surface area contributed by atoms with Gasteiger partial charge in [0.2, 0.25) is 0 Å². The fourth-order valence-electron chi connectivity index (χ4n) is 0.950. The molecule has 0 atom stereocenters. The molecule has 2 heteroatoms. The van der Waals surface area contributed by atoms with E-state index in [-0.39, 0.29) is 0 Å². The van der Waals surface area contributed by atoms with Crippen molar-refractivity contribution >= 4 is 6.21 Å². The van der Waals surface area contributed by atoms with E-state index in [4.69, 9.17) is 5.84 Å². The lowest BCUT2D eigenvalue weighted by molar-refractivity contribution is 1.04. The molecule has 58 valence electrons. The Balaban J connectivity index is 2.39. The van der Waals surface area contributed by atoms with Gasteiger partial charge in [0.25, 0.3) is 0 Å². The van der Waals surface area contributed by atoms with Gasteiger partial charge in [0.15, 0.2) is 0 Å². The first-order valence-corrected chi connectivity index (χ1v) is 3.69. The maximum atomic E-state index is 4.96. The molecule has 0 amide bonds. The molecule has 0 aliphatic carbocycles. The molecule has 11 heavy (non-hydrogen) atoms. The van der Waals surface area contributed by atoms with Gasteiger partial charge < -0.3 is 5.84 Å². The Morgan fingerprint density at radius 1 is 1.27 bits per heavy atom. The second kappa shape index (κ2) is 4.50. The molecule has 0 aliphatic rings. The number of hydrogen-bond donors (Lipinski definition) is 1. The minimum atomic E-state index is 0.917. The Kier molecular flexibility index (Phi) is 3.19. The Labute approximate surface area is 66.7 Å². The zero-order chi connectivity index (χ0) is 7.94. The van der Waals surface area contributed by atoms with Crippen LogP contribution in [0.25, 0.3) is 0 Å². The average molecular weight is 148 g/mol. The third-order valence-electron chi connectivity index (χ3n) is 1.51. The third kappa shape index (κ3) is 2.85. The molecule has 1 aromatic rings. The highest BCUT2D eigenvalue weighted by Gasteiger charge is 1.87. The summed E-state index contributed by atoms with van der Waals surface area (Å²) in [6, 6.07) is 10.3. The highest BCUT2D eigenvalue weighted by atomic mass is 15.1. The summed E-state index contributed by atoms with van der Waals surface area (Å²) in [5.74, 6) is 4.96. The zero-order valence-electron chi connectivity index (χ0n) is 6.40. The lowest BCUT2D eigenvalue weighted by Gasteiger charge is -1.94. The number of nitrogens with two attached hydrogens (primary N) is 1. The molecule has 1 aromatic carbocycles. The van der Waals surface area contributed by atoms with Crippen LogP contribution in [0.3, 0.4) is 0 Å². The van der Waals surface area contributed by atoms with Crippen LogP contribution >= 0.6 is 0 Å². The fraction of sp³-hybridized carbons (Fsp3) is 0.222. The Hall–Kier alpha value is -1.31. The molecular weight excluding hydrogens is 136 g/mol. The summed E-state index contributed by atoms with van der Waals surface area (Å²) in [6.07, 6.45) is 3.66. The van der Waals surface area contributed by atoms with E-state index in [2.05, 4.69) is 17.2 Å². The molecule has 0 aliphatic heterocycles. The van der Waals surface area contributed by atoms with Crippen molar-refractivity contribution in [2.24, 2.45) is 10.9 Å². The van der Waals surface area contributed by atoms with Gasteiger partial charge in [-0.2, -0.15) is 5.10 Å². The first-order valence-electron chi connectivity index (χ1n) is 3.69. The summed E-state index contributed by atoms with van der Waals surface area (Å²) < 4.78 is 0. The smallest absolute Gasteiger partial charge is 0.0243 e. The SMILES string of the molecule is N/N=C\CCc1ccccc1. The van der Waals surface area contributed by atoms with Crippen molar-refractivity contribution in [3.05, 3.63) is 35.9 Å². The minimum absolute atomic E-state index is 0.917. The van der Waals surface area contributed by atoms with Crippen LogP contribution in [0, 0.1) is 0 Å². The second-order valence-electron chi connectivity index (χ2n) is 2.36. The summed E-state index contributed by atoms with van der Waals surface area (Å²) in [5.41, 5.74) is 1.33. The molecule has 0 aromatic heterocycles. The van der Waals surface area contributed by atoms with Crippen molar-refractivity contribution < 1.29 is 0 Å². The van der Waals surface area contributed by atoms with Crippen molar-refractivity contribution in [2.45, 2.75) is 12.8 Å². The molecule has 0 heterocycles. The predicted molar refractivity (Wildman–Crippen MR) is 47.4 cm³/mol. The highest BCUT2D eigenvalue weighted by molar-refractivity contribution is 5.57. The van der Waals surface area contributed by atoms with Gasteiger partial charge in [0.1, 0.15) is 0 Å². The molecule has 0 unspecified atom stereocenters. The number of rotatable bonds is 3. The number of nitrogens with zero attached hydrogens (tertiary/aromatic N) is 1.